The third-order valence-corrected chi connectivity index (χ3v) is 6.71. The number of fused-ring (bicyclic) bond motifs is 1. The SMILES string of the molecule is O=C(N[C@H](CN1CCC1)[C@@H](O)c1cc(F)c2c(c1)OCCO2)/C(=N/O)c1ccc(-c2ccc(F)cc2)cc1. The molecule has 5 rings (SSSR count). The van der Waals surface area contributed by atoms with Crippen molar-refractivity contribution in [1.29, 1.82) is 0 Å². The van der Waals surface area contributed by atoms with Crippen molar-refractivity contribution in [1.82, 2.24) is 10.2 Å². The van der Waals surface area contributed by atoms with Crippen LogP contribution in [-0.4, -0.2) is 65.7 Å². The van der Waals surface area contributed by atoms with Crippen LogP contribution in [0.3, 0.4) is 0 Å². The molecular weight excluding hydrogens is 496 g/mol. The van der Waals surface area contributed by atoms with Gasteiger partial charge >= 0.3 is 0 Å². The van der Waals surface area contributed by atoms with E-state index in [0.717, 1.165) is 30.6 Å². The predicted molar refractivity (Wildman–Crippen MR) is 135 cm³/mol. The second-order valence-electron chi connectivity index (χ2n) is 9.24. The van der Waals surface area contributed by atoms with Crippen LogP contribution in [0.5, 0.6) is 11.5 Å². The number of ether oxygens (including phenoxy) is 2. The number of nitrogens with zero attached hydrogens (tertiary/aromatic N) is 2. The van der Waals surface area contributed by atoms with Gasteiger partial charge in [-0.15, -0.1) is 0 Å². The van der Waals surface area contributed by atoms with Gasteiger partial charge in [0.1, 0.15) is 25.1 Å². The number of aliphatic hydroxyl groups excluding tert-OH is 1. The molecular formula is C28H27F2N3O5. The van der Waals surface area contributed by atoms with Crippen LogP contribution in [0, 0.1) is 11.6 Å². The number of rotatable bonds is 8. The summed E-state index contributed by atoms with van der Waals surface area (Å²) in [5, 5.41) is 26.8. The Balaban J connectivity index is 1.35. The number of likely N-dealkylation sites (tertiary alicyclic amines) is 1. The monoisotopic (exact) mass is 523 g/mol. The summed E-state index contributed by atoms with van der Waals surface area (Å²) in [6.07, 6.45) is -0.273. The molecule has 0 spiro atoms. The Hall–Kier alpha value is -4.02. The third-order valence-electron chi connectivity index (χ3n) is 6.71. The molecule has 0 saturated carbocycles. The van der Waals surface area contributed by atoms with Crippen LogP contribution in [-0.2, 0) is 4.79 Å². The molecule has 2 aliphatic heterocycles. The van der Waals surface area contributed by atoms with E-state index < -0.39 is 23.9 Å². The molecule has 0 radical (unpaired) electrons. The van der Waals surface area contributed by atoms with Crippen molar-refractivity contribution in [2.24, 2.45) is 5.16 Å². The highest BCUT2D eigenvalue weighted by molar-refractivity contribution is 6.45. The molecule has 1 saturated heterocycles. The Labute approximate surface area is 218 Å². The predicted octanol–water partition coefficient (Wildman–Crippen LogP) is 3.51. The molecule has 0 bridgehead atoms. The van der Waals surface area contributed by atoms with Gasteiger partial charge in [-0.2, -0.15) is 0 Å². The fraction of sp³-hybridized carbons (Fsp3) is 0.286. The van der Waals surface area contributed by atoms with Crippen molar-refractivity contribution in [3.05, 3.63) is 83.4 Å². The Morgan fingerprint density at radius 3 is 2.29 bits per heavy atom. The van der Waals surface area contributed by atoms with Gasteiger partial charge in [-0.05, 0) is 60.5 Å². The molecule has 0 aromatic heterocycles. The topological polar surface area (TPSA) is 104 Å². The number of amides is 1. The minimum atomic E-state index is -1.27. The van der Waals surface area contributed by atoms with Gasteiger partial charge in [-0.25, -0.2) is 8.78 Å². The number of aliphatic hydroxyl groups is 1. The summed E-state index contributed by atoms with van der Waals surface area (Å²) in [5.74, 6) is -1.52. The van der Waals surface area contributed by atoms with Crippen LogP contribution < -0.4 is 14.8 Å². The molecule has 8 nitrogen and oxygen atoms in total. The van der Waals surface area contributed by atoms with Crippen LogP contribution in [0.1, 0.15) is 23.7 Å². The normalized spacial score (nSPS) is 16.9. The maximum atomic E-state index is 14.7. The van der Waals surface area contributed by atoms with E-state index >= 15 is 0 Å². The van der Waals surface area contributed by atoms with Gasteiger partial charge in [0.05, 0.1) is 6.04 Å². The van der Waals surface area contributed by atoms with Gasteiger partial charge in [0, 0.05) is 12.1 Å². The molecule has 38 heavy (non-hydrogen) atoms. The second kappa shape index (κ2) is 11.2. The standard InChI is InChI=1S/C28H27F2N3O5/c29-21-8-6-18(7-9-21)17-2-4-19(5-3-17)25(32-36)28(35)31-23(16-33-10-1-11-33)26(34)20-14-22(30)27-24(15-20)37-12-13-38-27/h2-9,14-15,23,26,34,36H,1,10-13,16H2,(H,31,35)/b32-25+/t23-,26+/m1/s1. The fourth-order valence-corrected chi connectivity index (χ4v) is 4.53. The summed E-state index contributed by atoms with van der Waals surface area (Å²) in [4.78, 5) is 15.3. The molecule has 3 aromatic rings. The number of carbonyl (C=O) groups is 1. The summed E-state index contributed by atoms with van der Waals surface area (Å²) in [6.45, 7) is 2.41. The number of hydrogen-bond acceptors (Lipinski definition) is 7. The van der Waals surface area contributed by atoms with Crippen molar-refractivity contribution in [3.63, 3.8) is 0 Å². The van der Waals surface area contributed by atoms with Gasteiger partial charge in [-0.1, -0.05) is 41.6 Å². The minimum absolute atomic E-state index is 0.00527. The Kier molecular flexibility index (Phi) is 7.52. The first-order chi connectivity index (χ1) is 18.4. The lowest BCUT2D eigenvalue weighted by Crippen LogP contribution is -2.52. The molecule has 0 unspecified atom stereocenters. The first-order valence-electron chi connectivity index (χ1n) is 12.3. The highest BCUT2D eigenvalue weighted by Crippen LogP contribution is 2.36. The minimum Gasteiger partial charge on any atom is -0.486 e. The highest BCUT2D eigenvalue weighted by atomic mass is 19.1. The van der Waals surface area contributed by atoms with Crippen LogP contribution in [0.25, 0.3) is 11.1 Å². The lowest BCUT2D eigenvalue weighted by Gasteiger charge is -2.36. The molecule has 3 aromatic carbocycles. The number of oxime groups is 1. The van der Waals surface area contributed by atoms with Gasteiger partial charge in [0.2, 0.25) is 0 Å². The average Bonchev–Trinajstić information content (AvgIpc) is 2.91. The molecule has 2 atom stereocenters. The number of benzene rings is 3. The quantitative estimate of drug-likeness (QED) is 0.237. The first-order valence-corrected chi connectivity index (χ1v) is 12.3. The lowest BCUT2D eigenvalue weighted by atomic mass is 9.98. The summed E-state index contributed by atoms with van der Waals surface area (Å²) in [7, 11) is 0. The summed E-state index contributed by atoms with van der Waals surface area (Å²) in [6, 6.07) is 14.5. The van der Waals surface area contributed by atoms with Crippen molar-refractivity contribution >= 4 is 11.6 Å². The Morgan fingerprint density at radius 2 is 1.66 bits per heavy atom. The molecule has 10 heteroatoms. The number of hydrogen-bond donors (Lipinski definition) is 3. The summed E-state index contributed by atoms with van der Waals surface area (Å²) < 4.78 is 38.7. The van der Waals surface area contributed by atoms with Gasteiger partial charge < -0.3 is 30.0 Å². The third kappa shape index (κ3) is 5.46. The van der Waals surface area contributed by atoms with Crippen LogP contribution in [0.15, 0.2) is 65.8 Å². The summed E-state index contributed by atoms with van der Waals surface area (Å²) >= 11 is 0. The molecule has 198 valence electrons. The molecule has 2 aliphatic rings. The van der Waals surface area contributed by atoms with E-state index in [-0.39, 0.29) is 41.8 Å². The Morgan fingerprint density at radius 1 is 1.00 bits per heavy atom. The van der Waals surface area contributed by atoms with E-state index in [1.165, 1.54) is 24.3 Å². The number of halogens is 2. The van der Waals surface area contributed by atoms with E-state index in [4.69, 9.17) is 9.47 Å². The van der Waals surface area contributed by atoms with E-state index in [0.29, 0.717) is 12.1 Å². The van der Waals surface area contributed by atoms with E-state index in [1.54, 1.807) is 36.4 Å². The largest absolute Gasteiger partial charge is 0.486 e. The molecule has 2 heterocycles. The van der Waals surface area contributed by atoms with Crippen molar-refractivity contribution < 1.29 is 33.4 Å². The smallest absolute Gasteiger partial charge is 0.274 e. The zero-order valence-electron chi connectivity index (χ0n) is 20.4. The average molecular weight is 524 g/mol. The molecule has 1 amide bonds. The molecule has 0 aliphatic carbocycles. The van der Waals surface area contributed by atoms with Crippen molar-refractivity contribution in [3.8, 4) is 22.6 Å². The van der Waals surface area contributed by atoms with Crippen LogP contribution in [0.2, 0.25) is 0 Å². The van der Waals surface area contributed by atoms with Gasteiger partial charge in [-0.3, -0.25) is 4.79 Å². The zero-order chi connectivity index (χ0) is 26.6. The van der Waals surface area contributed by atoms with Crippen molar-refractivity contribution in [2.75, 3.05) is 32.8 Å². The zero-order valence-corrected chi connectivity index (χ0v) is 20.4. The number of nitrogens with one attached hydrogen (secondary N) is 1. The molecule has 1 fully saturated rings. The second-order valence-corrected chi connectivity index (χ2v) is 9.24. The molecule has 3 N–H and O–H groups in total. The maximum Gasteiger partial charge on any atom is 0.274 e. The van der Waals surface area contributed by atoms with E-state index in [9.17, 15) is 23.9 Å². The summed E-state index contributed by atoms with van der Waals surface area (Å²) in [5.41, 5.74) is 1.90. The lowest BCUT2D eigenvalue weighted by molar-refractivity contribution is -0.116. The fourth-order valence-electron chi connectivity index (χ4n) is 4.53. The van der Waals surface area contributed by atoms with Crippen LogP contribution >= 0.6 is 0 Å². The van der Waals surface area contributed by atoms with E-state index in [1.807, 2.05) is 0 Å². The van der Waals surface area contributed by atoms with Crippen LogP contribution in [0.4, 0.5) is 8.78 Å². The van der Waals surface area contributed by atoms with Gasteiger partial charge in [0.15, 0.2) is 23.0 Å². The first kappa shape index (κ1) is 25.6. The Bertz CT molecular complexity index is 1330. The highest BCUT2D eigenvalue weighted by Gasteiger charge is 2.31. The number of carbonyl (C=O) groups excluding carboxylic acids is 1. The van der Waals surface area contributed by atoms with Gasteiger partial charge in [0.25, 0.3) is 5.91 Å². The van der Waals surface area contributed by atoms with E-state index in [2.05, 4.69) is 15.4 Å². The maximum absolute atomic E-state index is 14.7. The van der Waals surface area contributed by atoms with Crippen molar-refractivity contribution in [2.45, 2.75) is 18.6 Å².